The molecule has 2 fully saturated rings. The number of fused-ring (bicyclic) bond motifs is 2. The lowest BCUT2D eigenvalue weighted by Crippen LogP contribution is -2.44. The lowest BCUT2D eigenvalue weighted by molar-refractivity contribution is 0.325. The number of anilines is 1. The summed E-state index contributed by atoms with van der Waals surface area (Å²) in [5.74, 6) is 1.50. The molecular weight excluding hydrogens is 262 g/mol. The molecule has 0 saturated carbocycles. The Bertz CT molecular complexity index is 454. The highest BCUT2D eigenvalue weighted by Gasteiger charge is 2.41. The summed E-state index contributed by atoms with van der Waals surface area (Å²) in [5.41, 5.74) is 0.959. The lowest BCUT2D eigenvalue weighted by atomic mass is 10.0. The molecule has 3 heterocycles. The van der Waals surface area contributed by atoms with Gasteiger partial charge in [-0.15, -0.1) is 11.6 Å². The monoisotopic (exact) mass is 281 g/mol. The van der Waals surface area contributed by atoms with Gasteiger partial charge in [-0.25, -0.2) is 4.98 Å². The number of hydrogen-bond acceptors (Lipinski definition) is 4. The number of ether oxygens (including phenoxy) is 1. The van der Waals surface area contributed by atoms with Gasteiger partial charge >= 0.3 is 0 Å². The van der Waals surface area contributed by atoms with Gasteiger partial charge in [0, 0.05) is 29.2 Å². The standard InChI is InChI=1S/C14H20ClN3O/c1-3-19-13-6-9(2)16-14(17-13)18-11-4-5-12(18)8-10(15)7-11/h6,10-12H,3-5,7-8H2,1-2H3. The molecule has 3 rings (SSSR count). The molecule has 4 nitrogen and oxygen atoms in total. The SMILES string of the molecule is CCOc1cc(C)nc(N2C3CCC2CC(Cl)C3)n1. The van der Waals surface area contributed by atoms with Gasteiger partial charge in [0.05, 0.1) is 6.61 Å². The number of alkyl halides is 1. The molecule has 2 atom stereocenters. The van der Waals surface area contributed by atoms with E-state index in [4.69, 9.17) is 16.3 Å². The van der Waals surface area contributed by atoms with Crippen molar-refractivity contribution in [2.75, 3.05) is 11.5 Å². The first-order chi connectivity index (χ1) is 9.17. The molecule has 0 spiro atoms. The minimum Gasteiger partial charge on any atom is -0.478 e. The maximum absolute atomic E-state index is 6.32. The Morgan fingerprint density at radius 1 is 1.32 bits per heavy atom. The van der Waals surface area contributed by atoms with E-state index >= 15 is 0 Å². The molecule has 2 aliphatic rings. The predicted octanol–water partition coefficient (Wildman–Crippen LogP) is 2.92. The summed E-state index contributed by atoms with van der Waals surface area (Å²) in [6.07, 6.45) is 4.49. The van der Waals surface area contributed by atoms with Gasteiger partial charge in [-0.1, -0.05) is 0 Å². The van der Waals surface area contributed by atoms with Gasteiger partial charge in [-0.05, 0) is 39.5 Å². The van der Waals surface area contributed by atoms with Crippen LogP contribution in [0.4, 0.5) is 5.95 Å². The number of halogens is 1. The van der Waals surface area contributed by atoms with Crippen LogP contribution in [0, 0.1) is 6.92 Å². The molecule has 0 aliphatic carbocycles. The molecule has 2 unspecified atom stereocenters. The van der Waals surface area contributed by atoms with Gasteiger partial charge in [0.2, 0.25) is 11.8 Å². The fourth-order valence-corrected chi connectivity index (χ4v) is 3.71. The Morgan fingerprint density at radius 2 is 2.00 bits per heavy atom. The smallest absolute Gasteiger partial charge is 0.229 e. The normalized spacial score (nSPS) is 29.6. The first-order valence-corrected chi connectivity index (χ1v) is 7.52. The molecule has 0 amide bonds. The van der Waals surface area contributed by atoms with Crippen LogP contribution in [-0.2, 0) is 0 Å². The minimum atomic E-state index is 0.310. The number of hydrogen-bond donors (Lipinski definition) is 0. The van der Waals surface area contributed by atoms with E-state index in [0.29, 0.717) is 29.9 Å². The fraction of sp³-hybridized carbons (Fsp3) is 0.714. The van der Waals surface area contributed by atoms with Crippen molar-refractivity contribution in [3.63, 3.8) is 0 Å². The first kappa shape index (κ1) is 13.0. The van der Waals surface area contributed by atoms with E-state index in [2.05, 4.69) is 14.9 Å². The zero-order valence-corrected chi connectivity index (χ0v) is 12.2. The Balaban J connectivity index is 1.90. The number of nitrogens with zero attached hydrogens (tertiary/aromatic N) is 3. The minimum absolute atomic E-state index is 0.310. The molecule has 0 radical (unpaired) electrons. The maximum atomic E-state index is 6.32. The first-order valence-electron chi connectivity index (χ1n) is 7.08. The Kier molecular flexibility index (Phi) is 3.52. The van der Waals surface area contributed by atoms with Crippen LogP contribution in [0.1, 0.15) is 38.3 Å². The van der Waals surface area contributed by atoms with Crippen LogP contribution in [0.25, 0.3) is 0 Å². The van der Waals surface area contributed by atoms with Crippen LogP contribution in [0.5, 0.6) is 5.88 Å². The average Bonchev–Trinajstić information content (AvgIpc) is 2.61. The van der Waals surface area contributed by atoms with Crippen molar-refractivity contribution < 1.29 is 4.74 Å². The number of piperidine rings is 1. The van der Waals surface area contributed by atoms with Crippen LogP contribution in [-0.4, -0.2) is 34.0 Å². The second-order valence-corrected chi connectivity index (χ2v) is 6.06. The van der Waals surface area contributed by atoms with Gasteiger partial charge in [0.15, 0.2) is 0 Å². The van der Waals surface area contributed by atoms with E-state index in [9.17, 15) is 0 Å². The van der Waals surface area contributed by atoms with E-state index in [1.807, 2.05) is 19.9 Å². The van der Waals surface area contributed by atoms with Crippen molar-refractivity contribution in [1.29, 1.82) is 0 Å². The number of aryl methyl sites for hydroxylation is 1. The van der Waals surface area contributed by atoms with Crippen LogP contribution in [0.3, 0.4) is 0 Å². The van der Waals surface area contributed by atoms with E-state index in [1.54, 1.807) is 0 Å². The van der Waals surface area contributed by atoms with Crippen LogP contribution in [0.15, 0.2) is 6.07 Å². The summed E-state index contributed by atoms with van der Waals surface area (Å²) in [6, 6.07) is 2.89. The second kappa shape index (κ2) is 5.16. The Hall–Kier alpha value is -1.03. The number of aromatic nitrogens is 2. The second-order valence-electron chi connectivity index (χ2n) is 5.44. The molecule has 2 saturated heterocycles. The third kappa shape index (κ3) is 2.50. The van der Waals surface area contributed by atoms with Gasteiger partial charge in [0.25, 0.3) is 0 Å². The van der Waals surface area contributed by atoms with Gasteiger partial charge < -0.3 is 9.64 Å². The molecule has 2 bridgehead atoms. The highest BCUT2D eigenvalue weighted by Crippen LogP contribution is 2.40. The molecule has 1 aromatic rings. The van der Waals surface area contributed by atoms with E-state index in [1.165, 1.54) is 12.8 Å². The summed E-state index contributed by atoms with van der Waals surface area (Å²) < 4.78 is 5.53. The average molecular weight is 282 g/mol. The molecule has 0 N–H and O–H groups in total. The molecule has 104 valence electrons. The largest absolute Gasteiger partial charge is 0.478 e. The maximum Gasteiger partial charge on any atom is 0.229 e. The molecule has 2 aliphatic heterocycles. The molecule has 19 heavy (non-hydrogen) atoms. The fourth-order valence-electron chi connectivity index (χ4n) is 3.30. The van der Waals surface area contributed by atoms with Crippen LogP contribution >= 0.6 is 11.6 Å². The van der Waals surface area contributed by atoms with Crippen molar-refractivity contribution in [1.82, 2.24) is 9.97 Å². The highest BCUT2D eigenvalue weighted by atomic mass is 35.5. The quantitative estimate of drug-likeness (QED) is 0.799. The van der Waals surface area contributed by atoms with Crippen molar-refractivity contribution in [3.8, 4) is 5.88 Å². The third-order valence-corrected chi connectivity index (χ3v) is 4.37. The summed E-state index contributed by atoms with van der Waals surface area (Å²) in [5, 5.41) is 0.310. The molecule has 0 aromatic carbocycles. The van der Waals surface area contributed by atoms with Gasteiger partial charge in [-0.3, -0.25) is 0 Å². The van der Waals surface area contributed by atoms with Crippen molar-refractivity contribution in [3.05, 3.63) is 11.8 Å². The lowest BCUT2D eigenvalue weighted by Gasteiger charge is -2.37. The van der Waals surface area contributed by atoms with E-state index in [0.717, 1.165) is 24.5 Å². The van der Waals surface area contributed by atoms with Crippen molar-refractivity contribution >= 4 is 17.5 Å². The predicted molar refractivity (Wildman–Crippen MR) is 76.1 cm³/mol. The topological polar surface area (TPSA) is 38.2 Å². The van der Waals surface area contributed by atoms with Crippen molar-refractivity contribution in [2.24, 2.45) is 0 Å². The van der Waals surface area contributed by atoms with Crippen molar-refractivity contribution in [2.45, 2.75) is 57.0 Å². The summed E-state index contributed by atoms with van der Waals surface area (Å²) >= 11 is 6.32. The molecule has 1 aromatic heterocycles. The van der Waals surface area contributed by atoms with Gasteiger partial charge in [0.1, 0.15) is 0 Å². The third-order valence-electron chi connectivity index (χ3n) is 4.02. The summed E-state index contributed by atoms with van der Waals surface area (Å²) in [4.78, 5) is 11.5. The van der Waals surface area contributed by atoms with E-state index in [-0.39, 0.29) is 0 Å². The van der Waals surface area contributed by atoms with Gasteiger partial charge in [-0.2, -0.15) is 4.98 Å². The number of rotatable bonds is 3. The van der Waals surface area contributed by atoms with E-state index < -0.39 is 0 Å². The van der Waals surface area contributed by atoms with Crippen LogP contribution in [0.2, 0.25) is 0 Å². The summed E-state index contributed by atoms with van der Waals surface area (Å²) in [6.45, 7) is 4.59. The Labute approximate surface area is 119 Å². The molecular formula is C14H20ClN3O. The van der Waals surface area contributed by atoms with Crippen LogP contribution < -0.4 is 9.64 Å². The Morgan fingerprint density at radius 3 is 2.63 bits per heavy atom. The summed E-state index contributed by atoms with van der Waals surface area (Å²) in [7, 11) is 0. The molecule has 5 heteroatoms. The highest BCUT2D eigenvalue weighted by molar-refractivity contribution is 6.20. The zero-order chi connectivity index (χ0) is 13.4. The zero-order valence-electron chi connectivity index (χ0n) is 11.5.